The molecule has 0 fully saturated rings. The summed E-state index contributed by atoms with van der Waals surface area (Å²) in [4.78, 5) is 10.4. The molecule has 0 unspecified atom stereocenters. The van der Waals surface area contributed by atoms with E-state index < -0.39 is 29.0 Å². The van der Waals surface area contributed by atoms with Crippen LogP contribution in [0.2, 0.25) is 0 Å². The molecule has 0 saturated carbocycles. The van der Waals surface area contributed by atoms with E-state index in [9.17, 15) is 18.0 Å². The molecule has 0 bridgehead atoms. The highest BCUT2D eigenvalue weighted by molar-refractivity contribution is 5.96. The number of rotatable bonds is 2. The van der Waals surface area contributed by atoms with Gasteiger partial charge in [-0.3, -0.25) is 0 Å². The second-order valence-electron chi connectivity index (χ2n) is 2.77. The molecular formula is C10H4F3NO2. The van der Waals surface area contributed by atoms with Crippen LogP contribution < -0.4 is 0 Å². The molecule has 0 spiro atoms. The number of carboxylic acids is 1. The summed E-state index contributed by atoms with van der Waals surface area (Å²) >= 11 is 0. The minimum absolute atomic E-state index is 0.240. The molecule has 0 atom stereocenters. The first-order valence-electron chi connectivity index (χ1n) is 3.95. The third-order valence-corrected chi connectivity index (χ3v) is 1.67. The Balaban J connectivity index is 3.27. The van der Waals surface area contributed by atoms with Gasteiger partial charge in [0.15, 0.2) is 17.5 Å². The maximum atomic E-state index is 12.7. The Hall–Kier alpha value is -2.29. The zero-order chi connectivity index (χ0) is 12.3. The molecule has 1 aromatic carbocycles. The van der Waals surface area contributed by atoms with Crippen molar-refractivity contribution in [1.82, 2.24) is 0 Å². The average Bonchev–Trinajstić information content (AvgIpc) is 2.21. The van der Waals surface area contributed by atoms with E-state index in [0.29, 0.717) is 12.1 Å². The number of carbonyl (C=O) groups is 1. The Morgan fingerprint density at radius 3 is 2.19 bits per heavy atom. The van der Waals surface area contributed by atoms with E-state index >= 15 is 0 Å². The SMILES string of the molecule is N#CC(=Cc1cc(F)c(F)c(F)c1)C(=O)O. The van der Waals surface area contributed by atoms with Gasteiger partial charge < -0.3 is 5.11 Å². The monoisotopic (exact) mass is 227 g/mol. The maximum absolute atomic E-state index is 12.7. The van der Waals surface area contributed by atoms with Crippen LogP contribution in [-0.4, -0.2) is 11.1 Å². The molecule has 16 heavy (non-hydrogen) atoms. The number of nitrogens with zero attached hydrogens (tertiary/aromatic N) is 1. The first-order chi connectivity index (χ1) is 7.45. The summed E-state index contributed by atoms with van der Waals surface area (Å²) in [6.45, 7) is 0. The van der Waals surface area contributed by atoms with Crippen molar-refractivity contribution in [2.45, 2.75) is 0 Å². The van der Waals surface area contributed by atoms with Crippen molar-refractivity contribution in [3.63, 3.8) is 0 Å². The smallest absolute Gasteiger partial charge is 0.346 e. The Bertz CT molecular complexity index is 494. The van der Waals surface area contributed by atoms with Gasteiger partial charge in [-0.05, 0) is 23.8 Å². The number of aliphatic carboxylic acids is 1. The van der Waals surface area contributed by atoms with Gasteiger partial charge in [0.05, 0.1) is 0 Å². The quantitative estimate of drug-likeness (QED) is 0.478. The number of halogens is 3. The summed E-state index contributed by atoms with van der Waals surface area (Å²) in [5.74, 6) is -6.08. The van der Waals surface area contributed by atoms with Crippen LogP contribution in [0.1, 0.15) is 5.56 Å². The van der Waals surface area contributed by atoms with Crippen LogP contribution in [0, 0.1) is 28.8 Å². The molecule has 1 aromatic rings. The van der Waals surface area contributed by atoms with Gasteiger partial charge in [0.2, 0.25) is 0 Å². The van der Waals surface area contributed by atoms with Crippen LogP contribution in [0.5, 0.6) is 0 Å². The highest BCUT2D eigenvalue weighted by atomic mass is 19.2. The molecule has 0 aliphatic rings. The van der Waals surface area contributed by atoms with E-state index in [1.165, 1.54) is 6.07 Å². The molecule has 1 N–H and O–H groups in total. The fourth-order valence-electron chi connectivity index (χ4n) is 0.967. The average molecular weight is 227 g/mol. The normalized spacial score (nSPS) is 11.0. The number of carboxylic acid groups (broad SMARTS) is 1. The topological polar surface area (TPSA) is 61.1 Å². The number of benzene rings is 1. The Labute approximate surface area is 88.0 Å². The lowest BCUT2D eigenvalue weighted by atomic mass is 10.1. The standard InChI is InChI=1S/C10H4F3NO2/c11-7-2-5(3-8(12)9(7)13)1-6(4-14)10(15)16/h1-3H,(H,15,16). The molecular weight excluding hydrogens is 223 g/mol. The van der Waals surface area contributed by atoms with Crippen molar-refractivity contribution in [2.24, 2.45) is 0 Å². The van der Waals surface area contributed by atoms with Crippen LogP contribution >= 0.6 is 0 Å². The fourth-order valence-corrected chi connectivity index (χ4v) is 0.967. The van der Waals surface area contributed by atoms with E-state index in [1.807, 2.05) is 0 Å². The molecule has 0 aliphatic carbocycles. The molecule has 0 amide bonds. The van der Waals surface area contributed by atoms with Crippen LogP contribution in [0.15, 0.2) is 17.7 Å². The van der Waals surface area contributed by atoms with Crippen molar-refractivity contribution >= 4 is 12.0 Å². The van der Waals surface area contributed by atoms with Gasteiger partial charge in [-0.15, -0.1) is 0 Å². The zero-order valence-electron chi connectivity index (χ0n) is 7.67. The predicted octanol–water partition coefficient (Wildman–Crippen LogP) is 2.10. The van der Waals surface area contributed by atoms with Crippen molar-refractivity contribution in [1.29, 1.82) is 5.26 Å². The molecule has 0 saturated heterocycles. The molecule has 3 nitrogen and oxygen atoms in total. The lowest BCUT2D eigenvalue weighted by Crippen LogP contribution is -1.98. The highest BCUT2D eigenvalue weighted by Gasteiger charge is 2.11. The first-order valence-corrected chi connectivity index (χ1v) is 3.95. The van der Waals surface area contributed by atoms with Gasteiger partial charge in [0.25, 0.3) is 0 Å². The third-order valence-electron chi connectivity index (χ3n) is 1.67. The van der Waals surface area contributed by atoms with Gasteiger partial charge in [-0.25, -0.2) is 18.0 Å². The zero-order valence-corrected chi connectivity index (χ0v) is 7.67. The fraction of sp³-hybridized carbons (Fsp3) is 0. The molecule has 1 rings (SSSR count). The van der Waals surface area contributed by atoms with E-state index in [1.54, 1.807) is 0 Å². The van der Waals surface area contributed by atoms with Gasteiger partial charge in [-0.2, -0.15) is 5.26 Å². The maximum Gasteiger partial charge on any atom is 0.346 e. The van der Waals surface area contributed by atoms with Crippen LogP contribution in [0.3, 0.4) is 0 Å². The Kier molecular flexibility index (Phi) is 3.30. The predicted molar refractivity (Wildman–Crippen MR) is 47.5 cm³/mol. The van der Waals surface area contributed by atoms with Crippen molar-refractivity contribution in [3.05, 3.63) is 40.7 Å². The highest BCUT2D eigenvalue weighted by Crippen LogP contribution is 2.15. The summed E-state index contributed by atoms with van der Waals surface area (Å²) in [5, 5.41) is 16.9. The summed E-state index contributed by atoms with van der Waals surface area (Å²) in [6, 6.07) is 2.52. The number of hydrogen-bond donors (Lipinski definition) is 1. The molecule has 82 valence electrons. The first kappa shape index (κ1) is 11.8. The number of nitriles is 1. The molecule has 0 aliphatic heterocycles. The van der Waals surface area contributed by atoms with Gasteiger partial charge in [-0.1, -0.05) is 0 Å². The third kappa shape index (κ3) is 2.39. The van der Waals surface area contributed by atoms with E-state index in [0.717, 1.165) is 6.08 Å². The molecule has 6 heteroatoms. The number of hydrogen-bond acceptors (Lipinski definition) is 2. The summed E-state index contributed by atoms with van der Waals surface area (Å²) < 4.78 is 38.0. The second-order valence-corrected chi connectivity index (χ2v) is 2.77. The van der Waals surface area contributed by atoms with Gasteiger partial charge >= 0.3 is 5.97 Å². The molecule has 0 aromatic heterocycles. The summed E-state index contributed by atoms with van der Waals surface area (Å²) in [7, 11) is 0. The van der Waals surface area contributed by atoms with E-state index in [4.69, 9.17) is 10.4 Å². The minimum atomic E-state index is -1.65. The lowest BCUT2D eigenvalue weighted by molar-refractivity contribution is -0.132. The summed E-state index contributed by atoms with van der Waals surface area (Å²) in [6.07, 6.45) is 0.744. The Morgan fingerprint density at radius 2 is 1.81 bits per heavy atom. The summed E-state index contributed by atoms with van der Waals surface area (Å²) in [5.41, 5.74) is -0.944. The molecule has 0 radical (unpaired) electrons. The molecule has 0 heterocycles. The van der Waals surface area contributed by atoms with Crippen molar-refractivity contribution < 1.29 is 23.1 Å². The van der Waals surface area contributed by atoms with E-state index in [-0.39, 0.29) is 5.56 Å². The van der Waals surface area contributed by atoms with Crippen LogP contribution in [0.4, 0.5) is 13.2 Å². The Morgan fingerprint density at radius 1 is 1.31 bits per heavy atom. The van der Waals surface area contributed by atoms with E-state index in [2.05, 4.69) is 0 Å². The largest absolute Gasteiger partial charge is 0.477 e. The minimum Gasteiger partial charge on any atom is -0.477 e. The van der Waals surface area contributed by atoms with Gasteiger partial charge in [0, 0.05) is 0 Å². The van der Waals surface area contributed by atoms with Crippen LogP contribution in [0.25, 0.3) is 6.08 Å². The van der Waals surface area contributed by atoms with Crippen molar-refractivity contribution in [2.75, 3.05) is 0 Å². The second kappa shape index (κ2) is 4.49. The van der Waals surface area contributed by atoms with Crippen molar-refractivity contribution in [3.8, 4) is 6.07 Å². The van der Waals surface area contributed by atoms with Crippen LogP contribution in [-0.2, 0) is 4.79 Å². The lowest BCUT2D eigenvalue weighted by Gasteiger charge is -1.98. The van der Waals surface area contributed by atoms with Gasteiger partial charge in [0.1, 0.15) is 11.6 Å².